The van der Waals surface area contributed by atoms with E-state index in [1.54, 1.807) is 18.2 Å². The van der Waals surface area contributed by atoms with Gasteiger partial charge in [-0.1, -0.05) is 30.7 Å². The first-order valence-electron chi connectivity index (χ1n) is 4.70. The number of nitrogens with two attached hydrogens (primary N) is 1. The molecule has 1 aromatic rings. The summed E-state index contributed by atoms with van der Waals surface area (Å²) in [7, 11) is -3.27. The van der Waals surface area contributed by atoms with Crippen molar-refractivity contribution < 1.29 is 8.42 Å². The molecule has 15 heavy (non-hydrogen) atoms. The monoisotopic (exact) mass is 245 g/mol. The Kier molecular flexibility index (Phi) is 2.53. The van der Waals surface area contributed by atoms with Crippen LogP contribution in [0.15, 0.2) is 23.1 Å². The van der Waals surface area contributed by atoms with E-state index in [4.69, 9.17) is 17.3 Å². The van der Waals surface area contributed by atoms with E-state index in [1.807, 2.05) is 6.92 Å². The summed E-state index contributed by atoms with van der Waals surface area (Å²) in [6, 6.07) is 4.80. The van der Waals surface area contributed by atoms with Gasteiger partial charge < -0.3 is 5.73 Å². The SMILES string of the molecule is CC1CS(=O)(=O)c2c(Cl)cccc2C1N. The number of halogens is 1. The molecule has 0 saturated carbocycles. The third-order valence-electron chi connectivity index (χ3n) is 2.76. The van der Waals surface area contributed by atoms with E-state index in [1.165, 1.54) is 0 Å². The highest BCUT2D eigenvalue weighted by Gasteiger charge is 2.34. The average Bonchev–Trinajstić information content (AvgIpc) is 2.13. The first-order chi connectivity index (χ1) is 6.93. The van der Waals surface area contributed by atoms with Gasteiger partial charge in [-0.15, -0.1) is 0 Å². The van der Waals surface area contributed by atoms with E-state index < -0.39 is 9.84 Å². The molecule has 0 spiro atoms. The Bertz CT molecular complexity index is 498. The summed E-state index contributed by atoms with van der Waals surface area (Å²) in [5.41, 5.74) is 6.60. The Hall–Kier alpha value is -0.580. The van der Waals surface area contributed by atoms with Crippen LogP contribution < -0.4 is 5.73 Å². The lowest BCUT2D eigenvalue weighted by atomic mass is 9.96. The van der Waals surface area contributed by atoms with Gasteiger partial charge in [-0.25, -0.2) is 8.42 Å². The highest BCUT2D eigenvalue weighted by Crippen LogP contribution is 2.37. The standard InChI is InChI=1S/C10H12ClNO2S/c1-6-5-15(13,14)10-7(9(6)12)3-2-4-8(10)11/h2-4,6,9H,5,12H2,1H3. The molecule has 3 nitrogen and oxygen atoms in total. The molecular formula is C10H12ClNO2S. The number of sulfone groups is 1. The highest BCUT2D eigenvalue weighted by atomic mass is 35.5. The van der Waals surface area contributed by atoms with Crippen LogP contribution in [0.2, 0.25) is 5.02 Å². The Morgan fingerprint density at radius 3 is 2.80 bits per heavy atom. The van der Waals surface area contributed by atoms with E-state index in [-0.39, 0.29) is 27.6 Å². The zero-order chi connectivity index (χ0) is 11.2. The van der Waals surface area contributed by atoms with Gasteiger partial charge in [-0.05, 0) is 17.5 Å². The average molecular weight is 246 g/mol. The van der Waals surface area contributed by atoms with Crippen LogP contribution in [0, 0.1) is 5.92 Å². The van der Waals surface area contributed by atoms with E-state index in [0.29, 0.717) is 5.56 Å². The van der Waals surface area contributed by atoms with Gasteiger partial charge in [0.15, 0.2) is 9.84 Å². The van der Waals surface area contributed by atoms with Crippen LogP contribution in [0.1, 0.15) is 18.5 Å². The Morgan fingerprint density at radius 2 is 2.13 bits per heavy atom. The molecule has 1 aliphatic heterocycles. The second-order valence-corrected chi connectivity index (χ2v) is 6.32. The summed E-state index contributed by atoms with van der Waals surface area (Å²) in [4.78, 5) is 0.220. The number of hydrogen-bond acceptors (Lipinski definition) is 3. The summed E-state index contributed by atoms with van der Waals surface area (Å²) in [5, 5.41) is 0.273. The fourth-order valence-electron chi connectivity index (χ4n) is 1.96. The molecule has 1 heterocycles. The van der Waals surface area contributed by atoms with Crippen molar-refractivity contribution in [1.82, 2.24) is 0 Å². The van der Waals surface area contributed by atoms with Crippen LogP contribution in [-0.4, -0.2) is 14.2 Å². The quantitative estimate of drug-likeness (QED) is 0.758. The van der Waals surface area contributed by atoms with Crippen LogP contribution >= 0.6 is 11.6 Å². The molecule has 0 fully saturated rings. The second-order valence-electron chi connectivity index (χ2n) is 3.94. The van der Waals surface area contributed by atoms with E-state index in [0.717, 1.165) is 0 Å². The molecule has 2 unspecified atom stereocenters. The summed E-state index contributed by atoms with van der Waals surface area (Å²) in [6.07, 6.45) is 0. The van der Waals surface area contributed by atoms with E-state index in [2.05, 4.69) is 0 Å². The molecule has 2 N–H and O–H groups in total. The van der Waals surface area contributed by atoms with Crippen molar-refractivity contribution in [3.05, 3.63) is 28.8 Å². The van der Waals surface area contributed by atoms with Crippen LogP contribution in [-0.2, 0) is 9.84 Å². The first kappa shape index (κ1) is 10.9. The third kappa shape index (κ3) is 1.67. The molecule has 0 aliphatic carbocycles. The Morgan fingerprint density at radius 1 is 1.47 bits per heavy atom. The number of rotatable bonds is 0. The molecule has 2 rings (SSSR count). The predicted molar refractivity (Wildman–Crippen MR) is 59.6 cm³/mol. The highest BCUT2D eigenvalue weighted by molar-refractivity contribution is 7.91. The minimum absolute atomic E-state index is 0.0685. The van der Waals surface area contributed by atoms with Crippen molar-refractivity contribution in [3.63, 3.8) is 0 Å². The van der Waals surface area contributed by atoms with E-state index >= 15 is 0 Å². The molecule has 1 aliphatic rings. The van der Waals surface area contributed by atoms with Crippen LogP contribution in [0.25, 0.3) is 0 Å². The van der Waals surface area contributed by atoms with Crippen LogP contribution in [0.5, 0.6) is 0 Å². The molecule has 82 valence electrons. The molecule has 5 heteroatoms. The summed E-state index contributed by atoms with van der Waals surface area (Å²) in [6.45, 7) is 1.84. The van der Waals surface area contributed by atoms with Crippen LogP contribution in [0.3, 0.4) is 0 Å². The van der Waals surface area contributed by atoms with Crippen molar-refractivity contribution in [2.24, 2.45) is 11.7 Å². The van der Waals surface area contributed by atoms with Crippen molar-refractivity contribution in [3.8, 4) is 0 Å². The molecular weight excluding hydrogens is 234 g/mol. The van der Waals surface area contributed by atoms with Gasteiger partial charge in [0.2, 0.25) is 0 Å². The minimum atomic E-state index is -3.27. The zero-order valence-corrected chi connectivity index (χ0v) is 9.85. The molecule has 0 bridgehead atoms. The number of benzene rings is 1. The summed E-state index contributed by atoms with van der Waals surface area (Å²) < 4.78 is 23.8. The third-order valence-corrected chi connectivity index (χ3v) is 5.23. The van der Waals surface area contributed by atoms with Crippen molar-refractivity contribution >= 4 is 21.4 Å². The van der Waals surface area contributed by atoms with Crippen molar-refractivity contribution in [1.29, 1.82) is 0 Å². The van der Waals surface area contributed by atoms with E-state index in [9.17, 15) is 8.42 Å². The van der Waals surface area contributed by atoms with Gasteiger partial charge >= 0.3 is 0 Å². The Labute approximate surface area is 94.2 Å². The molecule has 0 saturated heterocycles. The second kappa shape index (κ2) is 3.47. The lowest BCUT2D eigenvalue weighted by Crippen LogP contribution is -2.32. The molecule has 0 aromatic heterocycles. The maximum atomic E-state index is 11.9. The number of hydrogen-bond donors (Lipinski definition) is 1. The smallest absolute Gasteiger partial charge is 0.180 e. The fraction of sp³-hybridized carbons (Fsp3) is 0.400. The molecule has 1 aromatic carbocycles. The van der Waals surface area contributed by atoms with Gasteiger partial charge in [-0.2, -0.15) is 0 Å². The largest absolute Gasteiger partial charge is 0.324 e. The minimum Gasteiger partial charge on any atom is -0.324 e. The van der Waals surface area contributed by atoms with Gasteiger partial charge in [0, 0.05) is 6.04 Å². The fourth-order valence-corrected chi connectivity index (χ4v) is 4.48. The molecule has 2 atom stereocenters. The van der Waals surface area contributed by atoms with Gasteiger partial charge in [-0.3, -0.25) is 0 Å². The Balaban J connectivity index is 2.76. The van der Waals surface area contributed by atoms with Gasteiger partial charge in [0.1, 0.15) is 0 Å². The van der Waals surface area contributed by atoms with Crippen LogP contribution in [0.4, 0.5) is 0 Å². The maximum Gasteiger partial charge on any atom is 0.180 e. The zero-order valence-electron chi connectivity index (χ0n) is 8.27. The van der Waals surface area contributed by atoms with Gasteiger partial charge in [0.25, 0.3) is 0 Å². The molecule has 0 radical (unpaired) electrons. The maximum absolute atomic E-state index is 11.9. The summed E-state index contributed by atoms with van der Waals surface area (Å²) >= 11 is 5.90. The van der Waals surface area contributed by atoms with Gasteiger partial charge in [0.05, 0.1) is 15.7 Å². The predicted octanol–water partition coefficient (Wildman–Crippen LogP) is 1.76. The topological polar surface area (TPSA) is 60.2 Å². The molecule has 0 amide bonds. The van der Waals surface area contributed by atoms with Crippen molar-refractivity contribution in [2.45, 2.75) is 17.9 Å². The number of fused-ring (bicyclic) bond motifs is 1. The van der Waals surface area contributed by atoms with Crippen molar-refractivity contribution in [2.75, 3.05) is 5.75 Å². The normalized spacial score (nSPS) is 28.5. The lowest BCUT2D eigenvalue weighted by molar-refractivity contribution is 0.478. The lowest BCUT2D eigenvalue weighted by Gasteiger charge is -2.28. The summed E-state index contributed by atoms with van der Waals surface area (Å²) in [5.74, 6) is 0.00576. The first-order valence-corrected chi connectivity index (χ1v) is 6.73.